The van der Waals surface area contributed by atoms with Crippen LogP contribution in [0.4, 0.5) is 23.1 Å². The summed E-state index contributed by atoms with van der Waals surface area (Å²) in [4.78, 5) is 8.96. The molecule has 2 aromatic heterocycles. The van der Waals surface area contributed by atoms with Crippen molar-refractivity contribution in [2.75, 3.05) is 23.8 Å². The van der Waals surface area contributed by atoms with Gasteiger partial charge in [-0.3, -0.25) is 4.68 Å². The van der Waals surface area contributed by atoms with Gasteiger partial charge in [0.25, 0.3) is 0 Å². The molecule has 11 nitrogen and oxygen atoms in total. The maximum Gasteiger partial charge on any atom is 0.229 e. The predicted molar refractivity (Wildman–Crippen MR) is 160 cm³/mol. The smallest absolute Gasteiger partial charge is 0.229 e. The van der Waals surface area contributed by atoms with Crippen molar-refractivity contribution in [1.82, 2.24) is 19.7 Å². The van der Waals surface area contributed by atoms with Gasteiger partial charge in [0, 0.05) is 26.1 Å². The Bertz CT molecular complexity index is 1570. The van der Waals surface area contributed by atoms with Gasteiger partial charge in [0.15, 0.2) is 11.6 Å². The Morgan fingerprint density at radius 2 is 1.81 bits per heavy atom. The molecule has 226 valence electrons. The Morgan fingerprint density at radius 1 is 1.10 bits per heavy atom. The molecule has 6 rings (SSSR count). The fourth-order valence-corrected chi connectivity index (χ4v) is 6.85. The van der Waals surface area contributed by atoms with Crippen LogP contribution in [0.5, 0.6) is 5.75 Å². The Kier molecular flexibility index (Phi) is 7.84. The summed E-state index contributed by atoms with van der Waals surface area (Å²) in [5, 5.41) is 10.1. The molecule has 1 aromatic carbocycles. The number of nitrogens with one attached hydrogen (secondary N) is 2. The molecule has 13 heteroatoms. The van der Waals surface area contributed by atoms with Gasteiger partial charge in [-0.15, -0.1) is 0 Å². The van der Waals surface area contributed by atoms with Gasteiger partial charge in [-0.05, 0) is 75.6 Å². The second-order valence-electron chi connectivity index (χ2n) is 11.7. The summed E-state index contributed by atoms with van der Waals surface area (Å²) in [5.74, 6) is 1.32. The second-order valence-corrected chi connectivity index (χ2v) is 14.5. The summed E-state index contributed by atoms with van der Waals surface area (Å²) in [6, 6.07) is 4.24. The molecule has 3 heterocycles. The van der Waals surface area contributed by atoms with E-state index < -0.39 is 20.9 Å². The second kappa shape index (κ2) is 11.3. The van der Waals surface area contributed by atoms with E-state index in [1.165, 1.54) is 16.4 Å². The van der Waals surface area contributed by atoms with E-state index in [2.05, 4.69) is 44.8 Å². The molecule has 0 unspecified atom stereocenters. The van der Waals surface area contributed by atoms with Crippen LogP contribution in [0.2, 0.25) is 5.02 Å². The van der Waals surface area contributed by atoms with Gasteiger partial charge in [0.2, 0.25) is 20.8 Å². The summed E-state index contributed by atoms with van der Waals surface area (Å²) < 4.78 is 45.5. The highest BCUT2D eigenvalue weighted by Crippen LogP contribution is 2.45. The average Bonchev–Trinajstić information content (AvgIpc) is 3.52. The van der Waals surface area contributed by atoms with Gasteiger partial charge in [-0.25, -0.2) is 13.4 Å². The molecule has 3 fully saturated rings. The lowest BCUT2D eigenvalue weighted by atomic mass is 9.79. The zero-order valence-electron chi connectivity index (χ0n) is 24.3. The summed E-state index contributed by atoms with van der Waals surface area (Å²) in [6.07, 6.45) is 9.09. The lowest BCUT2D eigenvalue weighted by Crippen LogP contribution is -2.34. The van der Waals surface area contributed by atoms with Crippen LogP contribution in [-0.2, 0) is 26.4 Å². The van der Waals surface area contributed by atoms with Crippen molar-refractivity contribution in [2.24, 2.45) is 7.05 Å². The van der Waals surface area contributed by atoms with Gasteiger partial charge >= 0.3 is 0 Å². The summed E-state index contributed by atoms with van der Waals surface area (Å²) >= 11 is 6.44. The standard InChI is InChI=1S/C29H37ClN6O5S/c1-17(2)42(37,38)27-24(16-36(4)35-27)32-26-22(30)15-31-28(34-26)33-23-13-18(3)21(14-25(23)41-20-5-6-20)19-7-9-29(10-8-19)39-11-12-40-29/h13-17,19-20H,5-12H2,1-4H3,(H2,31,32,33,34). The first-order valence-corrected chi connectivity index (χ1v) is 16.4. The van der Waals surface area contributed by atoms with E-state index in [4.69, 9.17) is 25.8 Å². The molecule has 0 amide bonds. The minimum absolute atomic E-state index is 0.0600. The molecule has 2 saturated carbocycles. The van der Waals surface area contributed by atoms with Crippen LogP contribution in [0.1, 0.15) is 69.4 Å². The fourth-order valence-electron chi connectivity index (χ4n) is 5.61. The van der Waals surface area contributed by atoms with Crippen molar-refractivity contribution in [1.29, 1.82) is 0 Å². The molecule has 2 N–H and O–H groups in total. The molecule has 0 atom stereocenters. The molecule has 2 aliphatic carbocycles. The van der Waals surface area contributed by atoms with E-state index in [1.54, 1.807) is 27.1 Å². The molecule has 0 bridgehead atoms. The van der Waals surface area contributed by atoms with Crippen molar-refractivity contribution in [3.8, 4) is 5.75 Å². The molecule has 3 aliphatic rings. The number of ether oxygens (including phenoxy) is 3. The topological polar surface area (TPSA) is 129 Å². The summed E-state index contributed by atoms with van der Waals surface area (Å²) in [6.45, 7) is 6.70. The first-order chi connectivity index (χ1) is 20.0. The SMILES string of the molecule is Cc1cc(Nc2ncc(Cl)c(Nc3cn(C)nc3S(=O)(=O)C(C)C)n2)c(OC2CC2)cc1C1CCC2(CC1)OCCO2. The van der Waals surface area contributed by atoms with Crippen LogP contribution in [0.25, 0.3) is 0 Å². The van der Waals surface area contributed by atoms with E-state index in [-0.39, 0.29) is 22.0 Å². The number of hydrogen-bond acceptors (Lipinski definition) is 10. The van der Waals surface area contributed by atoms with Crippen molar-refractivity contribution < 1.29 is 22.6 Å². The summed E-state index contributed by atoms with van der Waals surface area (Å²) in [7, 11) is -1.98. The molecule has 1 saturated heterocycles. The number of aromatic nitrogens is 4. The van der Waals surface area contributed by atoms with Gasteiger partial charge in [0.05, 0.1) is 42.1 Å². The minimum Gasteiger partial charge on any atom is -0.488 e. The Morgan fingerprint density at radius 3 is 2.48 bits per heavy atom. The highest BCUT2D eigenvalue weighted by molar-refractivity contribution is 7.92. The average molecular weight is 617 g/mol. The number of hydrogen-bond donors (Lipinski definition) is 2. The number of rotatable bonds is 9. The highest BCUT2D eigenvalue weighted by atomic mass is 35.5. The first-order valence-electron chi connectivity index (χ1n) is 14.5. The van der Waals surface area contributed by atoms with Crippen molar-refractivity contribution >= 4 is 44.6 Å². The van der Waals surface area contributed by atoms with Gasteiger partial charge in [0.1, 0.15) is 10.8 Å². The first kappa shape index (κ1) is 29.2. The molecule has 3 aromatic rings. The van der Waals surface area contributed by atoms with Crippen molar-refractivity contribution in [3.63, 3.8) is 0 Å². The molecular weight excluding hydrogens is 580 g/mol. The van der Waals surface area contributed by atoms with E-state index >= 15 is 0 Å². The van der Waals surface area contributed by atoms with E-state index in [1.807, 2.05) is 0 Å². The lowest BCUT2D eigenvalue weighted by Gasteiger charge is -2.36. The van der Waals surface area contributed by atoms with E-state index in [0.29, 0.717) is 30.8 Å². The van der Waals surface area contributed by atoms with Crippen LogP contribution < -0.4 is 15.4 Å². The van der Waals surface area contributed by atoms with Crippen LogP contribution in [0, 0.1) is 6.92 Å². The number of anilines is 4. The number of nitrogens with zero attached hydrogens (tertiary/aromatic N) is 4. The van der Waals surface area contributed by atoms with Crippen LogP contribution >= 0.6 is 11.6 Å². The zero-order chi connectivity index (χ0) is 29.6. The van der Waals surface area contributed by atoms with Crippen LogP contribution in [0.3, 0.4) is 0 Å². The molecule has 1 spiro atoms. The third kappa shape index (κ3) is 5.95. The predicted octanol–water partition coefficient (Wildman–Crippen LogP) is 5.78. The highest BCUT2D eigenvalue weighted by Gasteiger charge is 2.41. The summed E-state index contributed by atoms with van der Waals surface area (Å²) in [5.41, 5.74) is 3.48. The lowest BCUT2D eigenvalue weighted by molar-refractivity contribution is -0.178. The molecule has 0 radical (unpaired) electrons. The molecule has 1 aliphatic heterocycles. The molecule has 42 heavy (non-hydrogen) atoms. The number of aryl methyl sites for hydroxylation is 2. The minimum atomic E-state index is -3.64. The molecular formula is C29H37ClN6O5S. The Hall–Kier alpha value is -2.93. The quantitative estimate of drug-likeness (QED) is 0.305. The number of sulfone groups is 1. The van der Waals surface area contributed by atoms with Crippen LogP contribution in [-0.4, -0.2) is 58.5 Å². The van der Waals surface area contributed by atoms with Gasteiger partial charge in [-0.1, -0.05) is 11.6 Å². The Labute approximate surface area is 251 Å². The van der Waals surface area contributed by atoms with E-state index in [0.717, 1.165) is 55.5 Å². The fraction of sp³-hybridized carbons (Fsp3) is 0.552. The van der Waals surface area contributed by atoms with Gasteiger partial charge in [-0.2, -0.15) is 10.1 Å². The van der Waals surface area contributed by atoms with Crippen molar-refractivity contribution in [2.45, 2.75) is 87.4 Å². The zero-order valence-corrected chi connectivity index (χ0v) is 25.9. The maximum absolute atomic E-state index is 12.9. The largest absolute Gasteiger partial charge is 0.488 e. The number of halogens is 1. The van der Waals surface area contributed by atoms with Gasteiger partial charge < -0.3 is 24.8 Å². The van der Waals surface area contributed by atoms with E-state index in [9.17, 15) is 8.42 Å². The monoisotopic (exact) mass is 616 g/mol. The van der Waals surface area contributed by atoms with Crippen LogP contribution in [0.15, 0.2) is 29.6 Å². The Balaban J connectivity index is 1.25. The third-order valence-electron chi connectivity index (χ3n) is 8.12. The maximum atomic E-state index is 12.9. The van der Waals surface area contributed by atoms with Crippen molar-refractivity contribution in [3.05, 3.63) is 40.7 Å². The number of benzene rings is 1. The third-order valence-corrected chi connectivity index (χ3v) is 10.5. The normalized spacial score (nSPS) is 19.0.